The smallest absolute Gasteiger partial charge is 0.165 e. The van der Waals surface area contributed by atoms with E-state index in [0.717, 1.165) is 53.7 Å². The monoisotopic (exact) mass is 753 g/mol. The molecule has 9 nitrogen and oxygen atoms in total. The molecule has 1 aliphatic rings. The Labute approximate surface area is 295 Å². The second kappa shape index (κ2) is 15.6. The number of nitrogens with zero attached hydrogens (tertiary/aromatic N) is 5. The van der Waals surface area contributed by atoms with Gasteiger partial charge in [-0.2, -0.15) is 9.61 Å². The van der Waals surface area contributed by atoms with Gasteiger partial charge in [-0.15, -0.1) is 0 Å². The zero-order valence-corrected chi connectivity index (χ0v) is 33.0. The maximum absolute atomic E-state index is 11.9. The van der Waals surface area contributed by atoms with Crippen LogP contribution in [0.3, 0.4) is 0 Å². The highest BCUT2D eigenvalue weighted by Gasteiger charge is 2.41. The van der Waals surface area contributed by atoms with Gasteiger partial charge >= 0.3 is 0 Å². The van der Waals surface area contributed by atoms with Crippen molar-refractivity contribution in [1.29, 1.82) is 0 Å². The molecule has 3 aromatic heterocycles. The van der Waals surface area contributed by atoms with Crippen molar-refractivity contribution in [3.8, 4) is 22.4 Å². The van der Waals surface area contributed by atoms with E-state index in [1.807, 2.05) is 53.6 Å². The first kappa shape index (κ1) is 36.8. The summed E-state index contributed by atoms with van der Waals surface area (Å²) >= 11 is 3.83. The number of halogens is 1. The summed E-state index contributed by atoms with van der Waals surface area (Å²) in [4.78, 5) is 11.8. The van der Waals surface area contributed by atoms with Gasteiger partial charge in [0.2, 0.25) is 0 Å². The molecule has 12 heteroatoms. The minimum atomic E-state index is -1.30. The van der Waals surface area contributed by atoms with Gasteiger partial charge < -0.3 is 24.6 Å². The van der Waals surface area contributed by atoms with Crippen LogP contribution in [0.15, 0.2) is 59.3 Å². The number of pyridine rings is 1. The molecule has 3 heterocycles. The van der Waals surface area contributed by atoms with E-state index in [0.29, 0.717) is 47.7 Å². The Hall–Kier alpha value is -2.46. The number of aliphatic hydroxyl groups excluding tert-OH is 1. The maximum Gasteiger partial charge on any atom is 0.165 e. The minimum Gasteiger partial charge on any atom is -0.387 e. The van der Waals surface area contributed by atoms with Crippen LogP contribution in [0.25, 0.3) is 28.0 Å². The van der Waals surface area contributed by atoms with Crippen LogP contribution in [0, 0.1) is 0 Å². The first-order chi connectivity index (χ1) is 22.8. The van der Waals surface area contributed by atoms with E-state index < -0.39 is 27.9 Å². The SMILES string of the molecule is C[Si](C)(C)CCOCN(COCC[Si](C)(C)C)c1c(Br)c(C(O)C2(O)CCCCC2)nc2c(-c3ccc(-c4ccccc4)nc3)cnn12. The van der Waals surface area contributed by atoms with Gasteiger partial charge in [0, 0.05) is 52.2 Å². The van der Waals surface area contributed by atoms with Crippen LogP contribution in [0.5, 0.6) is 0 Å². The van der Waals surface area contributed by atoms with Crippen LogP contribution < -0.4 is 4.90 Å². The molecule has 2 N–H and O–H groups in total. The van der Waals surface area contributed by atoms with E-state index >= 15 is 0 Å². The van der Waals surface area contributed by atoms with Gasteiger partial charge in [-0.1, -0.05) is 94.9 Å². The Balaban J connectivity index is 1.58. The topological polar surface area (TPSA) is 105 Å². The van der Waals surface area contributed by atoms with E-state index in [9.17, 15) is 10.2 Å². The third-order valence-corrected chi connectivity index (χ3v) is 13.2. The molecule has 5 rings (SSSR count). The van der Waals surface area contributed by atoms with Gasteiger partial charge in [0.05, 0.1) is 27.7 Å². The standard InChI is InChI=1S/C36H52BrN5O4Si2/c1-47(2,3)21-19-45-25-41(26-46-20-22-48(4,5)6)35-31(37)32(33(43)36(44)17-11-8-12-18-36)40-34-29(24-39-42(34)35)28-15-16-30(38-23-28)27-13-9-7-10-14-27/h7,9-10,13-16,23-24,33,43-44H,8,11-12,17-22,25-26H2,1-6H3. The first-order valence-corrected chi connectivity index (χ1v) is 25.4. The van der Waals surface area contributed by atoms with Crippen molar-refractivity contribution in [3.05, 3.63) is 65.0 Å². The van der Waals surface area contributed by atoms with Crippen LogP contribution in [0.2, 0.25) is 51.4 Å². The van der Waals surface area contributed by atoms with Crippen molar-refractivity contribution >= 4 is 43.5 Å². The van der Waals surface area contributed by atoms with E-state index in [1.54, 1.807) is 10.7 Å². The molecule has 0 radical (unpaired) electrons. The summed E-state index contributed by atoms with van der Waals surface area (Å²) in [6.45, 7) is 15.9. The molecule has 1 aliphatic carbocycles. The first-order valence-electron chi connectivity index (χ1n) is 17.2. The average Bonchev–Trinajstić information content (AvgIpc) is 3.47. The van der Waals surface area contributed by atoms with Gasteiger partial charge in [0.25, 0.3) is 0 Å². The number of hydrogen-bond acceptors (Lipinski definition) is 8. The molecule has 260 valence electrons. The van der Waals surface area contributed by atoms with E-state index in [4.69, 9.17) is 24.5 Å². The molecule has 1 fully saturated rings. The van der Waals surface area contributed by atoms with Crippen LogP contribution in [-0.4, -0.2) is 78.2 Å². The van der Waals surface area contributed by atoms with Gasteiger partial charge in [-0.3, -0.25) is 4.98 Å². The summed E-state index contributed by atoms with van der Waals surface area (Å²) in [5.41, 5.74) is 3.22. The molecule has 1 saturated carbocycles. The van der Waals surface area contributed by atoms with Crippen molar-refractivity contribution < 1.29 is 19.7 Å². The Bertz CT molecular complexity index is 1610. The Morgan fingerprint density at radius 2 is 1.50 bits per heavy atom. The van der Waals surface area contributed by atoms with E-state index in [1.165, 1.54) is 0 Å². The predicted molar refractivity (Wildman–Crippen MR) is 203 cm³/mol. The van der Waals surface area contributed by atoms with Gasteiger partial charge in [-0.25, -0.2) is 4.98 Å². The molecule has 1 atom stereocenters. The lowest BCUT2D eigenvalue weighted by molar-refractivity contribution is -0.101. The lowest BCUT2D eigenvalue weighted by Gasteiger charge is -2.37. The fourth-order valence-electron chi connectivity index (χ4n) is 5.92. The number of anilines is 1. The normalized spacial score (nSPS) is 15.9. The maximum atomic E-state index is 11.9. The van der Waals surface area contributed by atoms with E-state index in [-0.39, 0.29) is 13.5 Å². The number of benzene rings is 1. The molecule has 0 saturated heterocycles. The Morgan fingerprint density at radius 1 is 0.875 bits per heavy atom. The van der Waals surface area contributed by atoms with Crippen LogP contribution in [0.4, 0.5) is 5.82 Å². The number of ether oxygens (including phenoxy) is 2. The fraction of sp³-hybridized carbons (Fsp3) is 0.528. The highest BCUT2D eigenvalue weighted by atomic mass is 79.9. The summed E-state index contributed by atoms with van der Waals surface area (Å²) in [5.74, 6) is 0.662. The lowest BCUT2D eigenvalue weighted by atomic mass is 9.79. The number of fused-ring (bicyclic) bond motifs is 1. The predicted octanol–water partition coefficient (Wildman–Crippen LogP) is 8.38. The summed E-state index contributed by atoms with van der Waals surface area (Å²) in [5, 5.41) is 28.4. The third kappa shape index (κ3) is 9.20. The highest BCUT2D eigenvalue weighted by molar-refractivity contribution is 9.10. The van der Waals surface area contributed by atoms with Crippen LogP contribution >= 0.6 is 15.9 Å². The molecular weight excluding hydrogens is 703 g/mol. The quantitative estimate of drug-likeness (QED) is 0.0709. The van der Waals surface area contributed by atoms with Crippen LogP contribution in [-0.2, 0) is 9.47 Å². The van der Waals surface area contributed by atoms with Gasteiger partial charge in [-0.05, 0) is 46.9 Å². The molecular formula is C36H52BrN5O4Si2. The zero-order chi connectivity index (χ0) is 34.5. The van der Waals surface area contributed by atoms with Crippen molar-refractivity contribution in [2.24, 2.45) is 0 Å². The molecule has 48 heavy (non-hydrogen) atoms. The highest BCUT2D eigenvalue weighted by Crippen LogP contribution is 2.43. The molecule has 0 aliphatic heterocycles. The van der Waals surface area contributed by atoms with Crippen molar-refractivity contribution in [2.45, 2.75) is 95.2 Å². The van der Waals surface area contributed by atoms with Gasteiger partial charge in [0.15, 0.2) is 11.5 Å². The number of hydrogen-bond donors (Lipinski definition) is 2. The van der Waals surface area contributed by atoms with Crippen molar-refractivity contribution in [3.63, 3.8) is 0 Å². The average molecular weight is 755 g/mol. The van der Waals surface area contributed by atoms with Crippen molar-refractivity contribution in [2.75, 3.05) is 31.6 Å². The molecule has 4 aromatic rings. The molecule has 0 bridgehead atoms. The molecule has 1 aromatic carbocycles. The van der Waals surface area contributed by atoms with E-state index in [2.05, 4.69) is 55.2 Å². The summed E-state index contributed by atoms with van der Waals surface area (Å²) in [6, 6.07) is 16.2. The van der Waals surface area contributed by atoms with Crippen LogP contribution in [0.1, 0.15) is 43.9 Å². The molecule has 1 unspecified atom stereocenters. The third-order valence-electron chi connectivity index (χ3n) is 9.01. The lowest BCUT2D eigenvalue weighted by Crippen LogP contribution is -2.39. The van der Waals surface area contributed by atoms with Gasteiger partial charge in [0.1, 0.15) is 19.6 Å². The summed E-state index contributed by atoms with van der Waals surface area (Å²) in [6.07, 6.45) is 6.23. The number of rotatable bonds is 15. The van der Waals surface area contributed by atoms with Crippen molar-refractivity contribution in [1.82, 2.24) is 19.6 Å². The number of aromatic nitrogens is 4. The number of aliphatic hydroxyl groups is 2. The Kier molecular flexibility index (Phi) is 12.0. The largest absolute Gasteiger partial charge is 0.387 e. The second-order valence-electron chi connectivity index (χ2n) is 15.5. The zero-order valence-electron chi connectivity index (χ0n) is 29.4. The molecule has 0 spiro atoms. The minimum absolute atomic E-state index is 0.275. The molecule has 0 amide bonds. The Morgan fingerprint density at radius 3 is 2.06 bits per heavy atom. The second-order valence-corrected chi connectivity index (χ2v) is 27.6. The fourth-order valence-corrected chi connectivity index (χ4v) is 8.16. The summed E-state index contributed by atoms with van der Waals surface area (Å²) in [7, 11) is -2.60. The summed E-state index contributed by atoms with van der Waals surface area (Å²) < 4.78 is 14.9.